The van der Waals surface area contributed by atoms with Gasteiger partial charge in [-0.2, -0.15) is 0 Å². The molecule has 0 unspecified atom stereocenters. The number of nitrogens with one attached hydrogen (secondary N) is 2. The Morgan fingerprint density at radius 1 is 1.14 bits per heavy atom. The maximum Gasteiger partial charge on any atom is 0.321 e. The highest BCUT2D eigenvalue weighted by Gasteiger charge is 2.12. The van der Waals surface area contributed by atoms with Gasteiger partial charge in [0, 0.05) is 30.4 Å². The Bertz CT molecular complexity index is 508. The molecule has 0 fully saturated rings. The second-order valence-electron chi connectivity index (χ2n) is 5.28. The van der Waals surface area contributed by atoms with Crippen LogP contribution in [-0.4, -0.2) is 29.9 Å². The molecule has 0 atom stereocenters. The first-order chi connectivity index (χ1) is 9.88. The predicted octanol–water partition coefficient (Wildman–Crippen LogP) is 3.46. The largest absolute Gasteiger partial charge is 0.326 e. The Morgan fingerprint density at radius 2 is 1.76 bits per heavy atom. The molecule has 0 saturated heterocycles. The van der Waals surface area contributed by atoms with Crippen molar-refractivity contribution in [3.8, 4) is 0 Å². The Kier molecular flexibility index (Phi) is 6.21. The topological polar surface area (TPSA) is 61.4 Å². The molecule has 21 heavy (non-hydrogen) atoms. The summed E-state index contributed by atoms with van der Waals surface area (Å²) >= 11 is 0. The van der Waals surface area contributed by atoms with Crippen molar-refractivity contribution >= 4 is 23.3 Å². The van der Waals surface area contributed by atoms with Gasteiger partial charge in [0.25, 0.3) is 0 Å². The lowest BCUT2D eigenvalue weighted by Gasteiger charge is -2.20. The minimum absolute atomic E-state index is 0.0418. The molecule has 0 aliphatic heterocycles. The van der Waals surface area contributed by atoms with Crippen LogP contribution in [0.2, 0.25) is 0 Å². The third-order valence-corrected chi connectivity index (χ3v) is 3.32. The third-order valence-electron chi connectivity index (χ3n) is 3.32. The van der Waals surface area contributed by atoms with Gasteiger partial charge in [0.05, 0.1) is 0 Å². The number of rotatable bonds is 5. The van der Waals surface area contributed by atoms with E-state index in [2.05, 4.69) is 10.6 Å². The number of anilines is 2. The van der Waals surface area contributed by atoms with Crippen LogP contribution in [0, 0.1) is 12.8 Å². The fourth-order valence-corrected chi connectivity index (χ4v) is 1.83. The van der Waals surface area contributed by atoms with Crippen LogP contribution in [0.1, 0.15) is 33.3 Å². The van der Waals surface area contributed by atoms with Crippen molar-refractivity contribution in [3.63, 3.8) is 0 Å². The molecule has 0 heterocycles. The Balaban J connectivity index is 2.87. The standard InChI is InChI=1S/C16H25N3O2/c1-6-19(7-2)16(21)18-14-10-13(9-8-12(14)5)17-15(20)11(3)4/h8-11H,6-7H2,1-5H3,(H,17,20)(H,18,21). The van der Waals surface area contributed by atoms with Crippen molar-refractivity contribution in [3.05, 3.63) is 23.8 Å². The van der Waals surface area contributed by atoms with Crippen molar-refractivity contribution < 1.29 is 9.59 Å². The summed E-state index contributed by atoms with van der Waals surface area (Å²) in [6.07, 6.45) is 0. The smallest absolute Gasteiger partial charge is 0.321 e. The first kappa shape index (κ1) is 17.0. The summed E-state index contributed by atoms with van der Waals surface area (Å²) in [6.45, 7) is 10.8. The van der Waals surface area contributed by atoms with Crippen LogP contribution in [0.5, 0.6) is 0 Å². The van der Waals surface area contributed by atoms with E-state index >= 15 is 0 Å². The number of benzene rings is 1. The van der Waals surface area contributed by atoms with Gasteiger partial charge < -0.3 is 15.5 Å². The number of amides is 3. The van der Waals surface area contributed by atoms with Crippen LogP contribution in [0.4, 0.5) is 16.2 Å². The van der Waals surface area contributed by atoms with Crippen molar-refractivity contribution in [1.82, 2.24) is 4.90 Å². The number of nitrogens with zero attached hydrogens (tertiary/aromatic N) is 1. The number of hydrogen-bond acceptors (Lipinski definition) is 2. The number of carbonyl (C=O) groups is 2. The summed E-state index contributed by atoms with van der Waals surface area (Å²) in [7, 11) is 0. The fraction of sp³-hybridized carbons (Fsp3) is 0.500. The van der Waals surface area contributed by atoms with Gasteiger partial charge in [-0.05, 0) is 38.5 Å². The number of urea groups is 1. The van der Waals surface area contributed by atoms with Crippen molar-refractivity contribution in [2.45, 2.75) is 34.6 Å². The highest BCUT2D eigenvalue weighted by molar-refractivity contribution is 5.94. The number of carbonyl (C=O) groups excluding carboxylic acids is 2. The minimum atomic E-state index is -0.129. The molecule has 2 N–H and O–H groups in total. The van der Waals surface area contributed by atoms with Crippen molar-refractivity contribution in [2.75, 3.05) is 23.7 Å². The fourth-order valence-electron chi connectivity index (χ4n) is 1.83. The molecule has 5 nitrogen and oxygen atoms in total. The van der Waals surface area contributed by atoms with Gasteiger partial charge in [0.1, 0.15) is 0 Å². The van der Waals surface area contributed by atoms with Gasteiger partial charge >= 0.3 is 6.03 Å². The van der Waals surface area contributed by atoms with Crippen molar-refractivity contribution in [2.24, 2.45) is 5.92 Å². The molecule has 0 aliphatic rings. The quantitative estimate of drug-likeness (QED) is 0.872. The van der Waals surface area contributed by atoms with Gasteiger partial charge in [-0.15, -0.1) is 0 Å². The van der Waals surface area contributed by atoms with E-state index in [9.17, 15) is 9.59 Å². The third kappa shape index (κ3) is 4.77. The number of aryl methyl sites for hydroxylation is 1. The van der Waals surface area contributed by atoms with Crippen LogP contribution < -0.4 is 10.6 Å². The van der Waals surface area contributed by atoms with Gasteiger partial charge in [-0.3, -0.25) is 4.79 Å². The lowest BCUT2D eigenvalue weighted by atomic mass is 10.1. The lowest BCUT2D eigenvalue weighted by molar-refractivity contribution is -0.118. The summed E-state index contributed by atoms with van der Waals surface area (Å²) in [6, 6.07) is 5.38. The highest BCUT2D eigenvalue weighted by Crippen LogP contribution is 2.21. The van der Waals surface area contributed by atoms with Gasteiger partial charge in [-0.25, -0.2) is 4.79 Å². The molecule has 0 aromatic heterocycles. The molecular formula is C16H25N3O2. The van der Waals surface area contributed by atoms with Crippen LogP contribution in [-0.2, 0) is 4.79 Å². The zero-order valence-electron chi connectivity index (χ0n) is 13.5. The molecular weight excluding hydrogens is 266 g/mol. The Labute approximate surface area is 126 Å². The second-order valence-corrected chi connectivity index (χ2v) is 5.28. The van der Waals surface area contributed by atoms with E-state index in [0.717, 1.165) is 5.56 Å². The maximum absolute atomic E-state index is 12.1. The molecule has 5 heteroatoms. The lowest BCUT2D eigenvalue weighted by Crippen LogP contribution is -2.34. The zero-order chi connectivity index (χ0) is 16.0. The Morgan fingerprint density at radius 3 is 2.29 bits per heavy atom. The van der Waals surface area contributed by atoms with E-state index in [1.807, 2.05) is 46.8 Å². The summed E-state index contributed by atoms with van der Waals surface area (Å²) in [5, 5.41) is 5.73. The molecule has 0 saturated carbocycles. The molecule has 0 aliphatic carbocycles. The van der Waals surface area contributed by atoms with Crippen LogP contribution in [0.25, 0.3) is 0 Å². The molecule has 116 valence electrons. The molecule has 1 aromatic carbocycles. The van der Waals surface area contributed by atoms with E-state index in [1.165, 1.54) is 0 Å². The molecule has 0 spiro atoms. The molecule has 3 amide bonds. The maximum atomic E-state index is 12.1. The van der Waals surface area contributed by atoms with E-state index in [0.29, 0.717) is 24.5 Å². The average molecular weight is 291 g/mol. The highest BCUT2D eigenvalue weighted by atomic mass is 16.2. The van der Waals surface area contributed by atoms with Gasteiger partial charge in [-0.1, -0.05) is 19.9 Å². The summed E-state index contributed by atoms with van der Waals surface area (Å²) in [5.41, 5.74) is 2.36. The van der Waals surface area contributed by atoms with E-state index < -0.39 is 0 Å². The first-order valence-electron chi connectivity index (χ1n) is 7.36. The normalized spacial score (nSPS) is 10.4. The average Bonchev–Trinajstić information content (AvgIpc) is 2.43. The Hall–Kier alpha value is -2.04. The second kappa shape index (κ2) is 7.67. The predicted molar refractivity (Wildman–Crippen MR) is 86.6 cm³/mol. The van der Waals surface area contributed by atoms with E-state index in [-0.39, 0.29) is 17.9 Å². The summed E-state index contributed by atoms with van der Waals surface area (Å²) in [4.78, 5) is 25.5. The molecule has 1 rings (SSSR count). The number of hydrogen-bond donors (Lipinski definition) is 2. The monoisotopic (exact) mass is 291 g/mol. The molecule has 0 radical (unpaired) electrons. The SMILES string of the molecule is CCN(CC)C(=O)Nc1cc(NC(=O)C(C)C)ccc1C. The van der Waals surface area contributed by atoms with E-state index in [1.54, 1.807) is 11.0 Å². The first-order valence-corrected chi connectivity index (χ1v) is 7.36. The van der Waals surface area contributed by atoms with E-state index in [4.69, 9.17) is 0 Å². The van der Waals surface area contributed by atoms with Gasteiger partial charge in [0.2, 0.25) is 5.91 Å². The minimum Gasteiger partial charge on any atom is -0.326 e. The zero-order valence-corrected chi connectivity index (χ0v) is 13.5. The molecule has 1 aromatic rings. The van der Waals surface area contributed by atoms with Crippen LogP contribution >= 0.6 is 0 Å². The van der Waals surface area contributed by atoms with Crippen LogP contribution in [0.3, 0.4) is 0 Å². The summed E-state index contributed by atoms with van der Waals surface area (Å²) in [5.74, 6) is -0.125. The van der Waals surface area contributed by atoms with Crippen LogP contribution in [0.15, 0.2) is 18.2 Å². The molecule has 0 bridgehead atoms. The van der Waals surface area contributed by atoms with Gasteiger partial charge in [0.15, 0.2) is 0 Å². The summed E-state index contributed by atoms with van der Waals surface area (Å²) < 4.78 is 0. The van der Waals surface area contributed by atoms with Crippen molar-refractivity contribution in [1.29, 1.82) is 0 Å².